The fourth-order valence-electron chi connectivity index (χ4n) is 1.87. The molecule has 2 rings (SSSR count). The molecule has 0 bridgehead atoms. The Bertz CT molecular complexity index is 655. The van der Waals surface area contributed by atoms with Crippen LogP contribution in [0.3, 0.4) is 0 Å². The first-order valence-electron chi connectivity index (χ1n) is 6.43. The molecular formula is C17H15F2NO. The zero-order valence-corrected chi connectivity index (χ0v) is 11.8. The van der Waals surface area contributed by atoms with Gasteiger partial charge in [0.05, 0.1) is 5.56 Å². The van der Waals surface area contributed by atoms with Crippen molar-refractivity contribution >= 4 is 17.5 Å². The Balaban J connectivity index is 2.19. The normalized spacial score (nSPS) is 10.9. The number of nitrogens with zero attached hydrogens (tertiary/aromatic N) is 1. The van der Waals surface area contributed by atoms with Crippen LogP contribution in [0.1, 0.15) is 15.9 Å². The molecule has 0 atom stereocenters. The second-order valence-corrected chi connectivity index (χ2v) is 4.78. The number of hydrogen-bond acceptors (Lipinski definition) is 2. The highest BCUT2D eigenvalue weighted by molar-refractivity contribution is 6.07. The molecule has 21 heavy (non-hydrogen) atoms. The van der Waals surface area contributed by atoms with Crippen molar-refractivity contribution in [3.8, 4) is 0 Å². The van der Waals surface area contributed by atoms with Crippen molar-refractivity contribution in [1.82, 2.24) is 0 Å². The maximum absolute atomic E-state index is 13.5. The fraction of sp³-hybridized carbons (Fsp3) is 0.118. The van der Waals surface area contributed by atoms with Gasteiger partial charge in [-0.1, -0.05) is 24.3 Å². The Hall–Kier alpha value is -2.49. The lowest BCUT2D eigenvalue weighted by Gasteiger charge is -2.11. The average Bonchev–Trinajstić information content (AvgIpc) is 2.45. The molecule has 0 radical (unpaired) electrons. The molecule has 2 aromatic rings. The standard InChI is InChI=1S/C17H15F2NO/c1-20(2)13-9-6-12(7-10-13)8-11-16(21)17-14(18)4-3-5-15(17)19/h3-11H,1-2H3/b11-8+. The maximum atomic E-state index is 13.5. The molecule has 0 aliphatic rings. The number of carbonyl (C=O) groups is 1. The van der Waals surface area contributed by atoms with Gasteiger partial charge in [-0.25, -0.2) is 8.78 Å². The largest absolute Gasteiger partial charge is 0.378 e. The summed E-state index contributed by atoms with van der Waals surface area (Å²) in [5.41, 5.74) is 1.28. The monoisotopic (exact) mass is 287 g/mol. The van der Waals surface area contributed by atoms with Gasteiger partial charge in [0, 0.05) is 19.8 Å². The highest BCUT2D eigenvalue weighted by Crippen LogP contribution is 2.16. The summed E-state index contributed by atoms with van der Waals surface area (Å²) in [5, 5.41) is 0. The summed E-state index contributed by atoms with van der Waals surface area (Å²) in [4.78, 5) is 13.8. The molecule has 0 unspecified atom stereocenters. The third-order valence-electron chi connectivity index (χ3n) is 3.05. The molecule has 0 aliphatic carbocycles. The Morgan fingerprint density at radius 2 is 1.57 bits per heavy atom. The summed E-state index contributed by atoms with van der Waals surface area (Å²) in [7, 11) is 3.85. The summed E-state index contributed by atoms with van der Waals surface area (Å²) in [6, 6.07) is 10.8. The number of hydrogen-bond donors (Lipinski definition) is 0. The number of carbonyl (C=O) groups excluding carboxylic acids is 1. The number of rotatable bonds is 4. The van der Waals surface area contributed by atoms with Gasteiger partial charge >= 0.3 is 0 Å². The number of benzene rings is 2. The van der Waals surface area contributed by atoms with Crippen molar-refractivity contribution in [2.24, 2.45) is 0 Å². The van der Waals surface area contributed by atoms with Crippen LogP contribution in [0.4, 0.5) is 14.5 Å². The SMILES string of the molecule is CN(C)c1ccc(/C=C/C(=O)c2c(F)cccc2F)cc1. The van der Waals surface area contributed by atoms with Crippen LogP contribution in [0.15, 0.2) is 48.5 Å². The summed E-state index contributed by atoms with van der Waals surface area (Å²) < 4.78 is 26.9. The van der Waals surface area contributed by atoms with E-state index in [1.54, 1.807) is 0 Å². The van der Waals surface area contributed by atoms with Gasteiger partial charge < -0.3 is 4.90 Å². The topological polar surface area (TPSA) is 20.3 Å². The first-order chi connectivity index (χ1) is 9.99. The molecule has 2 nitrogen and oxygen atoms in total. The summed E-state index contributed by atoms with van der Waals surface area (Å²) in [5.74, 6) is -2.40. The van der Waals surface area contributed by atoms with Crippen molar-refractivity contribution in [1.29, 1.82) is 0 Å². The predicted octanol–water partition coefficient (Wildman–Crippen LogP) is 3.93. The van der Waals surface area contributed by atoms with Crippen molar-refractivity contribution in [3.05, 3.63) is 71.3 Å². The Labute approximate surface area is 122 Å². The summed E-state index contributed by atoms with van der Waals surface area (Å²) >= 11 is 0. The van der Waals surface area contributed by atoms with Gasteiger partial charge in [-0.3, -0.25) is 4.79 Å². The fourth-order valence-corrected chi connectivity index (χ4v) is 1.87. The van der Waals surface area contributed by atoms with Crippen LogP contribution in [0.25, 0.3) is 6.08 Å². The number of halogens is 2. The highest BCUT2D eigenvalue weighted by atomic mass is 19.1. The Kier molecular flexibility index (Phi) is 4.48. The van der Waals surface area contributed by atoms with Gasteiger partial charge in [-0.05, 0) is 35.9 Å². The Morgan fingerprint density at radius 3 is 2.10 bits per heavy atom. The molecular weight excluding hydrogens is 272 g/mol. The minimum Gasteiger partial charge on any atom is -0.378 e. The molecule has 0 N–H and O–H groups in total. The molecule has 0 aromatic heterocycles. The van der Waals surface area contributed by atoms with Crippen LogP contribution < -0.4 is 4.90 Å². The minimum atomic E-state index is -0.854. The van der Waals surface area contributed by atoms with Crippen LogP contribution in [0.5, 0.6) is 0 Å². The van der Waals surface area contributed by atoms with E-state index in [1.165, 1.54) is 18.2 Å². The van der Waals surface area contributed by atoms with E-state index in [4.69, 9.17) is 0 Å². The molecule has 0 aliphatic heterocycles. The number of allylic oxidation sites excluding steroid dienone is 1. The van der Waals surface area contributed by atoms with Crippen LogP contribution in [-0.4, -0.2) is 19.9 Å². The van der Waals surface area contributed by atoms with E-state index in [2.05, 4.69) is 0 Å². The van der Waals surface area contributed by atoms with E-state index >= 15 is 0 Å². The van der Waals surface area contributed by atoms with E-state index in [0.717, 1.165) is 23.4 Å². The van der Waals surface area contributed by atoms with E-state index in [-0.39, 0.29) is 0 Å². The molecule has 0 saturated heterocycles. The molecule has 0 amide bonds. The lowest BCUT2D eigenvalue weighted by molar-refractivity contribution is 0.104. The first kappa shape index (κ1) is 14.9. The zero-order valence-electron chi connectivity index (χ0n) is 11.8. The second-order valence-electron chi connectivity index (χ2n) is 4.78. The lowest BCUT2D eigenvalue weighted by Crippen LogP contribution is -2.07. The van der Waals surface area contributed by atoms with Gasteiger partial charge in [0.25, 0.3) is 0 Å². The van der Waals surface area contributed by atoms with Gasteiger partial charge in [-0.15, -0.1) is 0 Å². The van der Waals surface area contributed by atoms with Crippen LogP contribution >= 0.6 is 0 Å². The minimum absolute atomic E-state index is 0.529. The molecule has 4 heteroatoms. The molecule has 0 spiro atoms. The predicted molar refractivity (Wildman–Crippen MR) is 80.5 cm³/mol. The summed E-state index contributed by atoms with van der Waals surface area (Å²) in [6.45, 7) is 0. The summed E-state index contributed by atoms with van der Waals surface area (Å²) in [6.07, 6.45) is 2.71. The number of ketones is 1. The van der Waals surface area contributed by atoms with Gasteiger partial charge in [0.2, 0.25) is 0 Å². The zero-order chi connectivity index (χ0) is 15.4. The maximum Gasteiger partial charge on any atom is 0.191 e. The lowest BCUT2D eigenvalue weighted by atomic mass is 10.1. The highest BCUT2D eigenvalue weighted by Gasteiger charge is 2.14. The average molecular weight is 287 g/mol. The first-order valence-corrected chi connectivity index (χ1v) is 6.43. The molecule has 0 saturated carbocycles. The smallest absolute Gasteiger partial charge is 0.191 e. The van der Waals surface area contributed by atoms with E-state index < -0.39 is 23.0 Å². The molecule has 2 aromatic carbocycles. The van der Waals surface area contributed by atoms with Crippen molar-refractivity contribution in [3.63, 3.8) is 0 Å². The van der Waals surface area contributed by atoms with Crippen molar-refractivity contribution in [2.75, 3.05) is 19.0 Å². The second kappa shape index (κ2) is 6.31. The Morgan fingerprint density at radius 1 is 1.00 bits per heavy atom. The van der Waals surface area contributed by atoms with Gasteiger partial charge in [0.1, 0.15) is 11.6 Å². The number of anilines is 1. The van der Waals surface area contributed by atoms with E-state index in [1.807, 2.05) is 43.3 Å². The van der Waals surface area contributed by atoms with Gasteiger partial charge in [0.15, 0.2) is 5.78 Å². The molecule has 0 fully saturated rings. The quantitative estimate of drug-likeness (QED) is 0.627. The van der Waals surface area contributed by atoms with Crippen LogP contribution in [0, 0.1) is 11.6 Å². The molecule has 0 heterocycles. The van der Waals surface area contributed by atoms with E-state index in [0.29, 0.717) is 0 Å². The van der Waals surface area contributed by atoms with Crippen molar-refractivity contribution in [2.45, 2.75) is 0 Å². The van der Waals surface area contributed by atoms with Crippen LogP contribution in [0.2, 0.25) is 0 Å². The third-order valence-corrected chi connectivity index (χ3v) is 3.05. The van der Waals surface area contributed by atoms with Gasteiger partial charge in [-0.2, -0.15) is 0 Å². The molecule has 108 valence electrons. The van der Waals surface area contributed by atoms with Crippen molar-refractivity contribution < 1.29 is 13.6 Å². The van der Waals surface area contributed by atoms with Crippen LogP contribution in [-0.2, 0) is 0 Å². The third kappa shape index (κ3) is 3.54. The van der Waals surface area contributed by atoms with E-state index in [9.17, 15) is 13.6 Å².